The number of amides is 3. The number of para-hydroxylation sites is 1. The summed E-state index contributed by atoms with van der Waals surface area (Å²) in [6.07, 6.45) is 0. The van der Waals surface area contributed by atoms with Gasteiger partial charge >= 0.3 is 0 Å². The van der Waals surface area contributed by atoms with E-state index in [9.17, 15) is 14.4 Å². The summed E-state index contributed by atoms with van der Waals surface area (Å²) in [7, 11) is 0. The van der Waals surface area contributed by atoms with Crippen LogP contribution in [0.4, 0.5) is 5.69 Å². The molecule has 0 saturated carbocycles. The number of amidine groups is 1. The molecule has 0 aliphatic carbocycles. The van der Waals surface area contributed by atoms with Crippen molar-refractivity contribution >= 4 is 40.3 Å². The number of likely N-dealkylation sites (N-methyl/N-ethyl adjacent to an activating group) is 1. The van der Waals surface area contributed by atoms with Crippen LogP contribution in [0.5, 0.6) is 0 Å². The molecule has 0 aromatic heterocycles. The largest absolute Gasteiger partial charge is 0.309 e. The molecule has 2 aliphatic heterocycles. The Morgan fingerprint density at radius 1 is 1.33 bits per heavy atom. The van der Waals surface area contributed by atoms with Crippen LogP contribution in [0.2, 0.25) is 0 Å². The summed E-state index contributed by atoms with van der Waals surface area (Å²) in [5.74, 6) is -0.885. The smallest absolute Gasteiger partial charge is 0.270 e. The first-order valence-electron chi connectivity index (χ1n) is 7.61. The van der Waals surface area contributed by atoms with Gasteiger partial charge in [0.05, 0.1) is 5.69 Å². The van der Waals surface area contributed by atoms with Crippen LogP contribution in [0.1, 0.15) is 31.9 Å². The van der Waals surface area contributed by atoms with Crippen LogP contribution in [0.15, 0.2) is 23.3 Å². The van der Waals surface area contributed by atoms with Crippen molar-refractivity contribution in [3.63, 3.8) is 0 Å². The van der Waals surface area contributed by atoms with E-state index in [0.29, 0.717) is 6.54 Å². The molecule has 24 heavy (non-hydrogen) atoms. The monoisotopic (exact) mass is 346 g/mol. The molecule has 1 spiro atoms. The molecular weight excluding hydrogens is 328 g/mol. The number of hydrazone groups is 1. The zero-order valence-electron chi connectivity index (χ0n) is 13.9. The fourth-order valence-electron chi connectivity index (χ4n) is 3.15. The summed E-state index contributed by atoms with van der Waals surface area (Å²) in [6, 6.07) is 5.63. The second-order valence-corrected chi connectivity index (χ2v) is 6.87. The van der Waals surface area contributed by atoms with Crippen LogP contribution < -0.4 is 10.2 Å². The number of carbonyl (C=O) groups is 3. The maximum Gasteiger partial charge on any atom is 0.270 e. The predicted octanol–water partition coefficient (Wildman–Crippen LogP) is 1.52. The third kappa shape index (κ3) is 2.13. The second-order valence-electron chi connectivity index (χ2n) is 5.68. The van der Waals surface area contributed by atoms with Crippen LogP contribution in [0.25, 0.3) is 0 Å². The Kier molecular flexibility index (Phi) is 3.87. The van der Waals surface area contributed by atoms with Crippen LogP contribution in [0.3, 0.4) is 0 Å². The maximum absolute atomic E-state index is 13.2. The number of nitrogens with one attached hydrogen (secondary N) is 1. The van der Waals surface area contributed by atoms with Gasteiger partial charge in [-0.15, -0.1) is 5.10 Å². The van der Waals surface area contributed by atoms with Gasteiger partial charge in [0.2, 0.25) is 16.7 Å². The van der Waals surface area contributed by atoms with Gasteiger partial charge < -0.3 is 10.2 Å². The molecule has 1 aromatic carbocycles. The lowest BCUT2D eigenvalue weighted by atomic mass is 10.0. The van der Waals surface area contributed by atoms with Crippen molar-refractivity contribution in [3.8, 4) is 0 Å². The molecule has 0 radical (unpaired) electrons. The third-order valence-corrected chi connectivity index (χ3v) is 5.28. The van der Waals surface area contributed by atoms with Gasteiger partial charge in [0.25, 0.3) is 5.91 Å². The molecule has 1 atom stereocenters. The van der Waals surface area contributed by atoms with Gasteiger partial charge in [0.1, 0.15) is 0 Å². The lowest BCUT2D eigenvalue weighted by molar-refractivity contribution is -0.139. The zero-order valence-corrected chi connectivity index (χ0v) is 14.7. The first-order valence-corrected chi connectivity index (χ1v) is 8.42. The molecule has 0 fully saturated rings. The average Bonchev–Trinajstić information content (AvgIpc) is 2.99. The van der Waals surface area contributed by atoms with E-state index < -0.39 is 4.87 Å². The quantitative estimate of drug-likeness (QED) is 0.836. The Morgan fingerprint density at radius 2 is 2.04 bits per heavy atom. The van der Waals surface area contributed by atoms with Crippen molar-refractivity contribution < 1.29 is 14.4 Å². The number of hydrogen-bond acceptors (Lipinski definition) is 5. The van der Waals surface area contributed by atoms with Gasteiger partial charge in [-0.05, 0) is 31.2 Å². The number of anilines is 1. The first kappa shape index (κ1) is 16.5. The second kappa shape index (κ2) is 5.62. The molecule has 3 rings (SSSR count). The minimum Gasteiger partial charge on any atom is -0.309 e. The van der Waals surface area contributed by atoms with Gasteiger partial charge in [-0.2, -0.15) is 5.01 Å². The SMILES string of the molecule is CCN1C(=O)[C@]2(SC(NC(C)=O)=NN2C(C)=O)c2cccc(C)c21. The highest BCUT2D eigenvalue weighted by atomic mass is 32.2. The number of hydrogen-bond donors (Lipinski definition) is 1. The maximum atomic E-state index is 13.2. The lowest BCUT2D eigenvalue weighted by Gasteiger charge is -2.29. The molecule has 1 aromatic rings. The fraction of sp³-hybridized carbons (Fsp3) is 0.375. The highest BCUT2D eigenvalue weighted by Crippen LogP contribution is 2.55. The Hall–Kier alpha value is -2.35. The summed E-state index contributed by atoms with van der Waals surface area (Å²) in [5, 5.41) is 8.21. The van der Waals surface area contributed by atoms with Crippen molar-refractivity contribution in [2.75, 3.05) is 11.4 Å². The van der Waals surface area contributed by atoms with E-state index in [-0.39, 0.29) is 22.9 Å². The third-order valence-electron chi connectivity index (χ3n) is 4.04. The molecule has 2 heterocycles. The molecule has 0 unspecified atom stereocenters. The molecule has 0 bridgehead atoms. The molecule has 0 saturated heterocycles. The van der Waals surface area contributed by atoms with Crippen molar-refractivity contribution in [2.45, 2.75) is 32.6 Å². The summed E-state index contributed by atoms with van der Waals surface area (Å²) in [6.45, 7) is 7.03. The normalized spacial score (nSPS) is 22.0. The summed E-state index contributed by atoms with van der Waals surface area (Å²) in [4.78, 5) is 37.2. The van der Waals surface area contributed by atoms with E-state index in [2.05, 4.69) is 10.4 Å². The lowest BCUT2D eigenvalue weighted by Crippen LogP contribution is -2.48. The number of fused-ring (bicyclic) bond motifs is 2. The Balaban J connectivity index is 2.20. The van der Waals surface area contributed by atoms with Crippen LogP contribution in [-0.2, 0) is 19.3 Å². The van der Waals surface area contributed by atoms with Crippen molar-refractivity contribution in [1.29, 1.82) is 0 Å². The minimum atomic E-state index is -1.29. The molecule has 1 N–H and O–H groups in total. The van der Waals surface area contributed by atoms with Crippen molar-refractivity contribution in [1.82, 2.24) is 10.3 Å². The average molecular weight is 346 g/mol. The van der Waals surface area contributed by atoms with E-state index in [4.69, 9.17) is 0 Å². The molecule has 7 nitrogen and oxygen atoms in total. The summed E-state index contributed by atoms with van der Waals surface area (Å²) in [5.41, 5.74) is 2.48. The predicted molar refractivity (Wildman–Crippen MR) is 92.2 cm³/mol. The van der Waals surface area contributed by atoms with Crippen LogP contribution in [0, 0.1) is 6.92 Å². The fourth-order valence-corrected chi connectivity index (χ4v) is 4.48. The Bertz CT molecular complexity index is 792. The first-order chi connectivity index (χ1) is 11.3. The van der Waals surface area contributed by atoms with E-state index in [0.717, 1.165) is 28.6 Å². The van der Waals surface area contributed by atoms with Gasteiger partial charge in [-0.3, -0.25) is 14.4 Å². The Morgan fingerprint density at radius 3 is 2.62 bits per heavy atom. The number of rotatable bonds is 1. The van der Waals surface area contributed by atoms with Gasteiger partial charge in [0, 0.05) is 26.0 Å². The van der Waals surface area contributed by atoms with Crippen LogP contribution >= 0.6 is 11.8 Å². The topological polar surface area (TPSA) is 82.1 Å². The van der Waals surface area contributed by atoms with Crippen molar-refractivity contribution in [3.05, 3.63) is 29.3 Å². The minimum absolute atomic E-state index is 0.224. The van der Waals surface area contributed by atoms with Gasteiger partial charge in [-0.25, -0.2) is 0 Å². The number of benzene rings is 1. The Labute approximate surface area is 144 Å². The van der Waals surface area contributed by atoms with E-state index >= 15 is 0 Å². The van der Waals surface area contributed by atoms with Crippen LogP contribution in [-0.4, -0.2) is 34.4 Å². The van der Waals surface area contributed by atoms with E-state index in [1.807, 2.05) is 32.0 Å². The molecule has 8 heteroatoms. The molecule has 2 aliphatic rings. The highest BCUT2D eigenvalue weighted by Gasteiger charge is 2.61. The van der Waals surface area contributed by atoms with Crippen molar-refractivity contribution in [2.24, 2.45) is 5.10 Å². The number of thioether (sulfide) groups is 1. The zero-order chi connectivity index (χ0) is 17.6. The molecule has 3 amide bonds. The summed E-state index contributed by atoms with van der Waals surface area (Å²) < 4.78 is 0. The summed E-state index contributed by atoms with van der Waals surface area (Å²) >= 11 is 1.10. The number of aryl methyl sites for hydroxylation is 1. The number of nitrogens with zero attached hydrogens (tertiary/aromatic N) is 3. The molecule has 126 valence electrons. The van der Waals surface area contributed by atoms with Gasteiger partial charge in [0.15, 0.2) is 5.17 Å². The van der Waals surface area contributed by atoms with E-state index in [1.165, 1.54) is 18.9 Å². The molecular formula is C16H18N4O3S. The number of carbonyl (C=O) groups excluding carboxylic acids is 3. The van der Waals surface area contributed by atoms with E-state index in [1.54, 1.807) is 4.90 Å². The highest BCUT2D eigenvalue weighted by molar-refractivity contribution is 8.15. The van der Waals surface area contributed by atoms with Gasteiger partial charge in [-0.1, -0.05) is 18.2 Å². The standard InChI is InChI=1S/C16H18N4O3S/c1-5-19-13-9(2)7-6-8-12(13)16(14(19)23)20(11(4)22)18-15(24-16)17-10(3)21/h6-8H,5H2,1-4H3,(H,17,18,21)/t16-/m1/s1.